The van der Waals surface area contributed by atoms with E-state index in [2.05, 4.69) is 16.8 Å². The SMILES string of the molecule is CN1CCC2(CC1)CCN(c1ccc(F)cc1F)C2. The molecule has 0 atom stereocenters. The number of hydrogen-bond acceptors (Lipinski definition) is 2. The highest BCUT2D eigenvalue weighted by Gasteiger charge is 2.40. The number of halogens is 2. The van der Waals surface area contributed by atoms with Gasteiger partial charge in [-0.05, 0) is 56.9 Å². The van der Waals surface area contributed by atoms with E-state index >= 15 is 0 Å². The molecule has 0 aliphatic carbocycles. The van der Waals surface area contributed by atoms with Gasteiger partial charge < -0.3 is 9.80 Å². The van der Waals surface area contributed by atoms with E-state index in [1.807, 2.05) is 0 Å². The quantitative estimate of drug-likeness (QED) is 0.771. The van der Waals surface area contributed by atoms with Gasteiger partial charge in [-0.2, -0.15) is 0 Å². The van der Waals surface area contributed by atoms with Gasteiger partial charge in [-0.15, -0.1) is 0 Å². The Morgan fingerprint density at radius 2 is 1.74 bits per heavy atom. The summed E-state index contributed by atoms with van der Waals surface area (Å²) in [7, 11) is 2.15. The molecule has 0 radical (unpaired) electrons. The average molecular weight is 266 g/mol. The smallest absolute Gasteiger partial charge is 0.149 e. The summed E-state index contributed by atoms with van der Waals surface area (Å²) in [6.45, 7) is 4.04. The zero-order valence-electron chi connectivity index (χ0n) is 11.3. The summed E-state index contributed by atoms with van der Waals surface area (Å²) in [4.78, 5) is 4.44. The molecule has 0 amide bonds. The first-order valence-corrected chi connectivity index (χ1v) is 6.97. The number of anilines is 1. The minimum atomic E-state index is -0.505. The molecule has 0 N–H and O–H groups in total. The van der Waals surface area contributed by atoms with Crippen molar-refractivity contribution in [1.29, 1.82) is 0 Å². The van der Waals surface area contributed by atoms with Crippen molar-refractivity contribution in [3.05, 3.63) is 29.8 Å². The molecule has 2 aliphatic rings. The molecule has 2 fully saturated rings. The summed E-state index contributed by atoms with van der Waals surface area (Å²) in [6.07, 6.45) is 3.49. The average Bonchev–Trinajstić information content (AvgIpc) is 2.78. The van der Waals surface area contributed by atoms with E-state index in [1.54, 1.807) is 6.07 Å². The van der Waals surface area contributed by atoms with Crippen LogP contribution < -0.4 is 4.90 Å². The van der Waals surface area contributed by atoms with Crippen molar-refractivity contribution in [3.8, 4) is 0 Å². The monoisotopic (exact) mass is 266 g/mol. The van der Waals surface area contributed by atoms with Gasteiger partial charge >= 0.3 is 0 Å². The fourth-order valence-corrected chi connectivity index (χ4v) is 3.38. The van der Waals surface area contributed by atoms with Crippen LogP contribution in [0.2, 0.25) is 0 Å². The Morgan fingerprint density at radius 1 is 1.05 bits per heavy atom. The van der Waals surface area contributed by atoms with Crippen molar-refractivity contribution >= 4 is 5.69 Å². The van der Waals surface area contributed by atoms with E-state index in [1.165, 1.54) is 18.9 Å². The van der Waals surface area contributed by atoms with E-state index < -0.39 is 11.6 Å². The molecule has 2 aliphatic heterocycles. The zero-order valence-corrected chi connectivity index (χ0v) is 11.3. The molecule has 104 valence electrons. The lowest BCUT2D eigenvalue weighted by molar-refractivity contribution is 0.142. The zero-order chi connectivity index (χ0) is 13.5. The van der Waals surface area contributed by atoms with Gasteiger partial charge in [0.2, 0.25) is 0 Å². The maximum Gasteiger partial charge on any atom is 0.149 e. The Hall–Kier alpha value is -1.16. The first-order chi connectivity index (χ1) is 9.08. The second-order valence-corrected chi connectivity index (χ2v) is 6.07. The molecule has 19 heavy (non-hydrogen) atoms. The van der Waals surface area contributed by atoms with Crippen molar-refractivity contribution in [1.82, 2.24) is 4.90 Å². The van der Waals surface area contributed by atoms with Gasteiger partial charge in [0, 0.05) is 19.2 Å². The van der Waals surface area contributed by atoms with E-state index in [4.69, 9.17) is 0 Å². The molecule has 3 rings (SSSR count). The highest BCUT2D eigenvalue weighted by Crippen LogP contribution is 2.42. The fraction of sp³-hybridized carbons (Fsp3) is 0.600. The maximum absolute atomic E-state index is 13.8. The molecule has 0 unspecified atom stereocenters. The summed E-state index contributed by atoms with van der Waals surface area (Å²) in [6, 6.07) is 3.89. The highest BCUT2D eigenvalue weighted by molar-refractivity contribution is 5.49. The topological polar surface area (TPSA) is 6.48 Å². The molecule has 1 aromatic carbocycles. The summed E-state index contributed by atoms with van der Waals surface area (Å²) in [5.74, 6) is -0.945. The van der Waals surface area contributed by atoms with Gasteiger partial charge in [-0.1, -0.05) is 0 Å². The Balaban J connectivity index is 1.75. The molecule has 0 aromatic heterocycles. The summed E-state index contributed by atoms with van der Waals surface area (Å²) < 4.78 is 26.8. The highest BCUT2D eigenvalue weighted by atomic mass is 19.1. The first-order valence-electron chi connectivity index (χ1n) is 6.97. The van der Waals surface area contributed by atoms with Crippen LogP contribution in [-0.4, -0.2) is 38.1 Å². The van der Waals surface area contributed by atoms with Crippen LogP contribution in [0.15, 0.2) is 18.2 Å². The number of likely N-dealkylation sites (tertiary alicyclic amines) is 1. The Bertz CT molecular complexity index is 467. The van der Waals surface area contributed by atoms with Gasteiger partial charge in [-0.25, -0.2) is 8.78 Å². The predicted molar refractivity (Wildman–Crippen MR) is 72.4 cm³/mol. The number of benzene rings is 1. The molecule has 2 heterocycles. The molecular weight excluding hydrogens is 246 g/mol. The lowest BCUT2D eigenvalue weighted by Gasteiger charge is -2.37. The predicted octanol–water partition coefficient (Wildman–Crippen LogP) is 2.89. The van der Waals surface area contributed by atoms with Crippen molar-refractivity contribution in [2.75, 3.05) is 38.1 Å². The lowest BCUT2D eigenvalue weighted by Crippen LogP contribution is -2.39. The van der Waals surface area contributed by atoms with Crippen LogP contribution in [0.3, 0.4) is 0 Å². The van der Waals surface area contributed by atoms with Crippen LogP contribution in [0.25, 0.3) is 0 Å². The van der Waals surface area contributed by atoms with Crippen LogP contribution in [0.1, 0.15) is 19.3 Å². The normalized spacial score (nSPS) is 23.2. The Kier molecular flexibility index (Phi) is 3.21. The number of piperidine rings is 1. The third-order valence-corrected chi connectivity index (χ3v) is 4.74. The fourth-order valence-electron chi connectivity index (χ4n) is 3.38. The molecule has 2 nitrogen and oxygen atoms in total. The number of nitrogens with zero attached hydrogens (tertiary/aromatic N) is 2. The molecule has 1 aromatic rings. The van der Waals surface area contributed by atoms with Gasteiger partial charge in [0.25, 0.3) is 0 Å². The van der Waals surface area contributed by atoms with Crippen LogP contribution in [-0.2, 0) is 0 Å². The summed E-state index contributed by atoms with van der Waals surface area (Å²) in [5.41, 5.74) is 0.894. The Labute approximate surface area is 113 Å². The van der Waals surface area contributed by atoms with E-state index in [9.17, 15) is 8.78 Å². The molecule has 4 heteroatoms. The summed E-state index contributed by atoms with van der Waals surface area (Å²) >= 11 is 0. The van der Waals surface area contributed by atoms with Gasteiger partial charge in [0.15, 0.2) is 0 Å². The third-order valence-electron chi connectivity index (χ3n) is 4.74. The van der Waals surface area contributed by atoms with Gasteiger partial charge in [-0.3, -0.25) is 0 Å². The Morgan fingerprint density at radius 3 is 2.42 bits per heavy atom. The molecule has 2 saturated heterocycles. The van der Waals surface area contributed by atoms with Crippen molar-refractivity contribution in [2.45, 2.75) is 19.3 Å². The molecule has 0 saturated carbocycles. The second-order valence-electron chi connectivity index (χ2n) is 6.07. The summed E-state index contributed by atoms with van der Waals surface area (Å²) in [5, 5.41) is 0. The lowest BCUT2D eigenvalue weighted by atomic mass is 9.78. The minimum Gasteiger partial charge on any atom is -0.369 e. The standard InChI is InChI=1S/C15H20F2N2/c1-18-7-4-15(5-8-18)6-9-19(11-15)14-3-2-12(16)10-13(14)17/h2-3,10H,4-9,11H2,1H3. The van der Waals surface area contributed by atoms with E-state index in [0.29, 0.717) is 11.1 Å². The van der Waals surface area contributed by atoms with Gasteiger partial charge in [0.05, 0.1) is 5.69 Å². The largest absolute Gasteiger partial charge is 0.369 e. The van der Waals surface area contributed by atoms with Crippen molar-refractivity contribution in [3.63, 3.8) is 0 Å². The molecule has 1 spiro atoms. The molecule has 0 bridgehead atoms. The van der Waals surface area contributed by atoms with Crippen LogP contribution in [0, 0.1) is 17.0 Å². The van der Waals surface area contributed by atoms with Crippen LogP contribution in [0.4, 0.5) is 14.5 Å². The second kappa shape index (κ2) is 4.75. The third kappa shape index (κ3) is 2.46. The van der Waals surface area contributed by atoms with Crippen LogP contribution in [0.5, 0.6) is 0 Å². The number of rotatable bonds is 1. The van der Waals surface area contributed by atoms with Gasteiger partial charge in [0.1, 0.15) is 11.6 Å². The maximum atomic E-state index is 13.8. The number of hydrogen-bond donors (Lipinski definition) is 0. The molecular formula is C15H20F2N2. The van der Waals surface area contributed by atoms with E-state index in [0.717, 1.165) is 38.7 Å². The minimum absolute atomic E-state index is 0.341. The first kappa shape index (κ1) is 12.9. The van der Waals surface area contributed by atoms with Crippen molar-refractivity contribution in [2.24, 2.45) is 5.41 Å². The van der Waals surface area contributed by atoms with Crippen molar-refractivity contribution < 1.29 is 8.78 Å². The van der Waals surface area contributed by atoms with Crippen LogP contribution >= 0.6 is 0 Å². The van der Waals surface area contributed by atoms with E-state index in [-0.39, 0.29) is 0 Å².